The predicted molar refractivity (Wildman–Crippen MR) is 112 cm³/mol. The fourth-order valence-corrected chi connectivity index (χ4v) is 4.50. The van der Waals surface area contributed by atoms with Crippen LogP contribution in [0.25, 0.3) is 0 Å². The summed E-state index contributed by atoms with van der Waals surface area (Å²) < 4.78 is 13.1. The third-order valence-electron chi connectivity index (χ3n) is 6.00. The van der Waals surface area contributed by atoms with Crippen molar-refractivity contribution >= 4 is 16.6 Å². The summed E-state index contributed by atoms with van der Waals surface area (Å²) in [4.78, 5) is 0. The highest BCUT2D eigenvalue weighted by atomic mass is 28.4. The van der Waals surface area contributed by atoms with Crippen molar-refractivity contribution in [3.05, 3.63) is 0 Å². The van der Waals surface area contributed by atoms with Crippen LogP contribution in [0, 0.1) is 18.3 Å². The Morgan fingerprint density at radius 2 is 1.38 bits per heavy atom. The molecule has 0 aliphatic heterocycles. The Bertz CT molecular complexity index is 422. The first-order valence-electron chi connectivity index (χ1n) is 9.30. The Hall–Kier alpha value is -0.0862. The number of hydrogen-bond donors (Lipinski definition) is 0. The average molecular weight is 371 g/mol. The van der Waals surface area contributed by atoms with Crippen molar-refractivity contribution < 1.29 is 8.85 Å². The number of rotatable bonds is 8. The molecule has 0 heterocycles. The average Bonchev–Trinajstić information content (AvgIpc) is 2.34. The topological polar surface area (TPSA) is 18.5 Å². The van der Waals surface area contributed by atoms with Crippen molar-refractivity contribution in [2.24, 2.45) is 5.92 Å². The van der Waals surface area contributed by atoms with Gasteiger partial charge in [-0.3, -0.25) is 0 Å². The number of hydrogen-bond acceptors (Lipinski definition) is 2. The fraction of sp³-hybridized carbons (Fsp3) is 0.900. The van der Waals surface area contributed by atoms with E-state index in [1.807, 2.05) is 0 Å². The maximum absolute atomic E-state index is 6.70. The maximum atomic E-state index is 6.70. The SMILES string of the molecule is C#CC[C@@H](C)[C@H](CCO[Si](C)(C)C(C)(C)C)O[Si](C)(C)C(C)(C)C. The van der Waals surface area contributed by atoms with Crippen molar-refractivity contribution in [1.82, 2.24) is 0 Å². The van der Waals surface area contributed by atoms with Crippen LogP contribution >= 0.6 is 0 Å². The minimum absolute atomic E-state index is 0.187. The van der Waals surface area contributed by atoms with Gasteiger partial charge in [-0.15, -0.1) is 12.3 Å². The highest BCUT2D eigenvalue weighted by molar-refractivity contribution is 6.74. The summed E-state index contributed by atoms with van der Waals surface area (Å²) >= 11 is 0. The van der Waals surface area contributed by atoms with E-state index in [0.717, 1.165) is 19.4 Å². The standard InChI is InChI=1S/C20H42O2Si2/c1-13-14-17(2)18(22-24(11,12)20(6,7)8)15-16-21-23(9,10)19(3,4)5/h1,17-18H,14-16H2,2-12H3/t17-,18+/m1/s1. The van der Waals surface area contributed by atoms with Gasteiger partial charge in [-0.25, -0.2) is 0 Å². The van der Waals surface area contributed by atoms with Gasteiger partial charge in [-0.2, -0.15) is 0 Å². The van der Waals surface area contributed by atoms with Gasteiger partial charge in [0, 0.05) is 13.0 Å². The van der Waals surface area contributed by atoms with E-state index >= 15 is 0 Å². The first-order valence-corrected chi connectivity index (χ1v) is 15.1. The van der Waals surface area contributed by atoms with Crippen molar-refractivity contribution in [3.63, 3.8) is 0 Å². The molecule has 0 aliphatic rings. The Morgan fingerprint density at radius 3 is 1.75 bits per heavy atom. The van der Waals surface area contributed by atoms with Crippen LogP contribution < -0.4 is 0 Å². The lowest BCUT2D eigenvalue weighted by Crippen LogP contribution is -2.46. The molecule has 0 fully saturated rings. The molecule has 0 spiro atoms. The molecule has 0 aliphatic carbocycles. The second-order valence-electron chi connectivity index (χ2n) is 10.2. The molecule has 0 radical (unpaired) electrons. The monoisotopic (exact) mass is 370 g/mol. The zero-order valence-electron chi connectivity index (χ0n) is 18.2. The van der Waals surface area contributed by atoms with E-state index < -0.39 is 16.6 Å². The summed E-state index contributed by atoms with van der Waals surface area (Å²) in [6.07, 6.45) is 7.44. The maximum Gasteiger partial charge on any atom is 0.192 e. The molecule has 0 rings (SSSR count). The first kappa shape index (κ1) is 23.9. The minimum Gasteiger partial charge on any atom is -0.417 e. The zero-order chi connectivity index (χ0) is 19.4. The van der Waals surface area contributed by atoms with Crippen molar-refractivity contribution in [1.29, 1.82) is 0 Å². The summed E-state index contributed by atoms with van der Waals surface area (Å²) in [5.41, 5.74) is 0. The van der Waals surface area contributed by atoms with Crippen LogP contribution in [0.3, 0.4) is 0 Å². The second-order valence-corrected chi connectivity index (χ2v) is 19.8. The highest BCUT2D eigenvalue weighted by Gasteiger charge is 2.41. The van der Waals surface area contributed by atoms with Crippen LogP contribution in [0.5, 0.6) is 0 Å². The van der Waals surface area contributed by atoms with Crippen LogP contribution in [0.1, 0.15) is 61.3 Å². The van der Waals surface area contributed by atoms with Gasteiger partial charge < -0.3 is 8.85 Å². The van der Waals surface area contributed by atoms with Crippen LogP contribution in [0.15, 0.2) is 0 Å². The largest absolute Gasteiger partial charge is 0.417 e. The molecule has 0 N–H and O–H groups in total. The van der Waals surface area contributed by atoms with Gasteiger partial charge in [0.15, 0.2) is 16.6 Å². The molecule has 24 heavy (non-hydrogen) atoms. The number of terminal acetylenes is 1. The first-order chi connectivity index (χ1) is 10.5. The Balaban J connectivity index is 4.98. The van der Waals surface area contributed by atoms with Crippen LogP contribution in [0.2, 0.25) is 36.3 Å². The lowest BCUT2D eigenvalue weighted by molar-refractivity contribution is 0.0979. The van der Waals surface area contributed by atoms with Gasteiger partial charge in [0.25, 0.3) is 0 Å². The molecule has 0 aromatic heterocycles. The van der Waals surface area contributed by atoms with Gasteiger partial charge in [0.2, 0.25) is 0 Å². The van der Waals surface area contributed by atoms with Crippen molar-refractivity contribution in [3.8, 4) is 12.3 Å². The van der Waals surface area contributed by atoms with E-state index in [4.69, 9.17) is 15.3 Å². The third-order valence-corrected chi connectivity index (χ3v) is 15.0. The second kappa shape index (κ2) is 8.53. The summed E-state index contributed by atoms with van der Waals surface area (Å²) in [7, 11) is -3.51. The van der Waals surface area contributed by atoms with Crippen molar-refractivity contribution in [2.75, 3.05) is 6.61 Å². The predicted octanol–water partition coefficient (Wildman–Crippen LogP) is 6.45. The summed E-state index contributed by atoms with van der Waals surface area (Å²) in [6.45, 7) is 25.9. The lowest BCUT2D eigenvalue weighted by atomic mass is 9.99. The van der Waals surface area contributed by atoms with Gasteiger partial charge in [-0.05, 0) is 48.6 Å². The van der Waals surface area contributed by atoms with Gasteiger partial charge in [-0.1, -0.05) is 48.5 Å². The molecule has 0 aromatic carbocycles. The molecule has 0 unspecified atom stereocenters. The van der Waals surface area contributed by atoms with E-state index in [1.165, 1.54) is 0 Å². The smallest absolute Gasteiger partial charge is 0.192 e. The zero-order valence-corrected chi connectivity index (χ0v) is 20.2. The van der Waals surface area contributed by atoms with E-state index in [-0.39, 0.29) is 16.2 Å². The molecule has 0 aromatic rings. The molecule has 2 atom stereocenters. The normalized spacial score (nSPS) is 16.6. The van der Waals surface area contributed by atoms with Crippen LogP contribution in [-0.2, 0) is 8.85 Å². The Labute approximate surface area is 154 Å². The van der Waals surface area contributed by atoms with Gasteiger partial charge >= 0.3 is 0 Å². The van der Waals surface area contributed by atoms with E-state index in [1.54, 1.807) is 0 Å². The lowest BCUT2D eigenvalue weighted by Gasteiger charge is -2.41. The third kappa shape index (κ3) is 7.03. The summed E-state index contributed by atoms with van der Waals surface area (Å²) in [6, 6.07) is 0. The quantitative estimate of drug-likeness (QED) is 0.361. The Kier molecular flexibility index (Phi) is 8.50. The van der Waals surface area contributed by atoms with Crippen LogP contribution in [0.4, 0.5) is 0 Å². The van der Waals surface area contributed by atoms with E-state index in [0.29, 0.717) is 5.92 Å². The molecule has 0 saturated carbocycles. The molecule has 2 nitrogen and oxygen atoms in total. The Morgan fingerprint density at radius 1 is 0.917 bits per heavy atom. The minimum atomic E-state index is -1.81. The molecule has 0 bridgehead atoms. The molecule has 0 saturated heterocycles. The summed E-state index contributed by atoms with van der Waals surface area (Å²) in [5.74, 6) is 3.17. The highest BCUT2D eigenvalue weighted by Crippen LogP contribution is 2.39. The molecule has 0 amide bonds. The summed E-state index contributed by atoms with van der Waals surface area (Å²) in [5, 5.41) is 0.453. The molecule has 142 valence electrons. The van der Waals surface area contributed by atoms with Crippen LogP contribution in [-0.4, -0.2) is 29.3 Å². The van der Waals surface area contributed by atoms with E-state index in [9.17, 15) is 0 Å². The molecular formula is C20H42O2Si2. The van der Waals surface area contributed by atoms with Crippen molar-refractivity contribution in [2.45, 2.75) is 104 Å². The molecular weight excluding hydrogens is 328 g/mol. The fourth-order valence-electron chi connectivity index (χ4n) is 1.98. The van der Waals surface area contributed by atoms with Gasteiger partial charge in [0.05, 0.1) is 6.10 Å². The van der Waals surface area contributed by atoms with E-state index in [2.05, 4.69) is 80.6 Å². The van der Waals surface area contributed by atoms with Gasteiger partial charge in [0.1, 0.15) is 0 Å². The molecule has 4 heteroatoms.